The second-order valence-corrected chi connectivity index (χ2v) is 6.79. The molecule has 1 atom stereocenters. The van der Waals surface area contributed by atoms with Gasteiger partial charge in [-0.05, 0) is 25.5 Å². The van der Waals surface area contributed by atoms with Gasteiger partial charge in [-0.15, -0.1) is 0 Å². The van der Waals surface area contributed by atoms with E-state index in [9.17, 15) is 0 Å². The van der Waals surface area contributed by atoms with Crippen molar-refractivity contribution in [3.8, 4) is 11.3 Å². The Kier molecular flexibility index (Phi) is 5.96. The number of nitrogens with one attached hydrogen (secondary N) is 2. The summed E-state index contributed by atoms with van der Waals surface area (Å²) in [6.07, 6.45) is 0.974. The van der Waals surface area contributed by atoms with Crippen molar-refractivity contribution in [2.45, 2.75) is 26.3 Å². The topological polar surface area (TPSA) is 49.8 Å². The van der Waals surface area contributed by atoms with Crippen molar-refractivity contribution in [3.63, 3.8) is 0 Å². The predicted octanol–water partition coefficient (Wildman–Crippen LogP) is 6.40. The van der Waals surface area contributed by atoms with Crippen molar-refractivity contribution >= 4 is 40.7 Å². The lowest BCUT2D eigenvalue weighted by molar-refractivity contribution is 0.753. The fourth-order valence-electron chi connectivity index (χ4n) is 2.39. The van der Waals surface area contributed by atoms with Gasteiger partial charge in [0.15, 0.2) is 0 Å². The molecule has 6 heteroatoms. The lowest BCUT2D eigenvalue weighted by Gasteiger charge is -2.15. The Labute approximate surface area is 163 Å². The van der Waals surface area contributed by atoms with Crippen LogP contribution in [0, 0.1) is 0 Å². The molecule has 2 N–H and O–H groups in total. The molecule has 0 aliphatic heterocycles. The van der Waals surface area contributed by atoms with Crippen LogP contribution in [-0.4, -0.2) is 16.0 Å². The average molecular weight is 387 g/mol. The van der Waals surface area contributed by atoms with E-state index in [2.05, 4.69) is 34.4 Å². The van der Waals surface area contributed by atoms with Crippen LogP contribution in [0.1, 0.15) is 20.3 Å². The van der Waals surface area contributed by atoms with Gasteiger partial charge in [0, 0.05) is 17.7 Å². The maximum atomic E-state index is 6.29. The van der Waals surface area contributed by atoms with E-state index >= 15 is 0 Å². The van der Waals surface area contributed by atoms with Crippen LogP contribution in [0.25, 0.3) is 11.3 Å². The van der Waals surface area contributed by atoms with Crippen molar-refractivity contribution < 1.29 is 0 Å². The molecule has 0 aliphatic rings. The molecule has 0 unspecified atom stereocenters. The summed E-state index contributed by atoms with van der Waals surface area (Å²) in [6.45, 7) is 4.21. The first-order valence-electron chi connectivity index (χ1n) is 8.49. The zero-order chi connectivity index (χ0) is 18.5. The molecular formula is C20H20Cl2N4. The van der Waals surface area contributed by atoms with Crippen LogP contribution in [0.3, 0.4) is 0 Å². The first kappa shape index (κ1) is 18.5. The highest BCUT2D eigenvalue weighted by Gasteiger charge is 2.11. The fourth-order valence-corrected chi connectivity index (χ4v) is 2.74. The third-order valence-corrected chi connectivity index (χ3v) is 4.82. The number of halogens is 2. The molecule has 3 rings (SSSR count). The molecule has 0 aliphatic carbocycles. The second-order valence-electron chi connectivity index (χ2n) is 6.01. The summed E-state index contributed by atoms with van der Waals surface area (Å²) in [7, 11) is 0. The van der Waals surface area contributed by atoms with Crippen LogP contribution in [-0.2, 0) is 0 Å². The van der Waals surface area contributed by atoms with Crippen LogP contribution < -0.4 is 10.6 Å². The molecule has 0 amide bonds. The number of anilines is 3. The van der Waals surface area contributed by atoms with E-state index in [0.29, 0.717) is 27.5 Å². The second kappa shape index (κ2) is 8.39. The molecule has 0 bridgehead atoms. The lowest BCUT2D eigenvalue weighted by atomic mass is 10.1. The molecule has 2 aromatic carbocycles. The minimum Gasteiger partial charge on any atom is -0.352 e. The number of rotatable bonds is 6. The Morgan fingerprint density at radius 3 is 2.50 bits per heavy atom. The Hall–Kier alpha value is -2.30. The maximum Gasteiger partial charge on any atom is 0.225 e. The van der Waals surface area contributed by atoms with Crippen molar-refractivity contribution in [1.82, 2.24) is 9.97 Å². The van der Waals surface area contributed by atoms with Gasteiger partial charge in [0.2, 0.25) is 5.95 Å². The van der Waals surface area contributed by atoms with Gasteiger partial charge in [0.05, 0.1) is 21.4 Å². The van der Waals surface area contributed by atoms with Gasteiger partial charge in [-0.3, -0.25) is 0 Å². The van der Waals surface area contributed by atoms with E-state index < -0.39 is 0 Å². The van der Waals surface area contributed by atoms with Gasteiger partial charge >= 0.3 is 0 Å². The third kappa shape index (κ3) is 4.45. The number of hydrogen-bond donors (Lipinski definition) is 2. The van der Waals surface area contributed by atoms with E-state index in [4.69, 9.17) is 23.2 Å². The maximum absolute atomic E-state index is 6.29. The Morgan fingerprint density at radius 1 is 1.00 bits per heavy atom. The SMILES string of the molecule is CC[C@@H](C)Nc1nc(Nc2cccc(Cl)c2Cl)cc(-c2ccccc2)n1. The first-order valence-corrected chi connectivity index (χ1v) is 9.24. The predicted molar refractivity (Wildman–Crippen MR) is 111 cm³/mol. The molecule has 0 radical (unpaired) electrons. The molecule has 0 spiro atoms. The van der Waals surface area contributed by atoms with E-state index in [-0.39, 0.29) is 6.04 Å². The molecule has 4 nitrogen and oxygen atoms in total. The van der Waals surface area contributed by atoms with Gasteiger partial charge in [-0.1, -0.05) is 66.5 Å². The first-order chi connectivity index (χ1) is 12.6. The molecule has 26 heavy (non-hydrogen) atoms. The van der Waals surface area contributed by atoms with E-state index in [1.54, 1.807) is 6.07 Å². The van der Waals surface area contributed by atoms with Crippen LogP contribution in [0.2, 0.25) is 10.0 Å². The molecular weight excluding hydrogens is 367 g/mol. The van der Waals surface area contributed by atoms with E-state index in [0.717, 1.165) is 17.7 Å². The van der Waals surface area contributed by atoms with E-state index in [1.807, 2.05) is 48.5 Å². The normalized spacial score (nSPS) is 11.8. The summed E-state index contributed by atoms with van der Waals surface area (Å²) in [6, 6.07) is 17.6. The van der Waals surface area contributed by atoms with Crippen LogP contribution in [0.4, 0.5) is 17.5 Å². The zero-order valence-corrected chi connectivity index (χ0v) is 16.1. The molecule has 0 saturated heterocycles. The van der Waals surface area contributed by atoms with Crippen molar-refractivity contribution in [3.05, 3.63) is 64.6 Å². The largest absolute Gasteiger partial charge is 0.352 e. The summed E-state index contributed by atoms with van der Waals surface area (Å²) in [5.41, 5.74) is 2.54. The Morgan fingerprint density at radius 2 is 1.77 bits per heavy atom. The minimum atomic E-state index is 0.267. The minimum absolute atomic E-state index is 0.267. The Balaban J connectivity index is 2.00. The number of nitrogens with zero attached hydrogens (tertiary/aromatic N) is 2. The van der Waals surface area contributed by atoms with Gasteiger partial charge < -0.3 is 10.6 Å². The van der Waals surface area contributed by atoms with Crippen LogP contribution in [0.15, 0.2) is 54.6 Å². The third-order valence-electron chi connectivity index (χ3n) is 4.00. The van der Waals surface area contributed by atoms with Crippen LogP contribution >= 0.6 is 23.2 Å². The highest BCUT2D eigenvalue weighted by molar-refractivity contribution is 6.43. The van der Waals surface area contributed by atoms with Crippen LogP contribution in [0.5, 0.6) is 0 Å². The number of benzene rings is 2. The molecule has 1 aromatic heterocycles. The number of hydrogen-bond acceptors (Lipinski definition) is 4. The molecule has 3 aromatic rings. The molecule has 0 fully saturated rings. The Bertz CT molecular complexity index is 884. The van der Waals surface area contributed by atoms with Gasteiger partial charge in [0.25, 0.3) is 0 Å². The lowest BCUT2D eigenvalue weighted by Crippen LogP contribution is -2.16. The van der Waals surface area contributed by atoms with Gasteiger partial charge in [-0.25, -0.2) is 4.98 Å². The monoisotopic (exact) mass is 386 g/mol. The fraction of sp³-hybridized carbons (Fsp3) is 0.200. The summed E-state index contributed by atoms with van der Waals surface area (Å²) < 4.78 is 0. The molecule has 0 saturated carbocycles. The quantitative estimate of drug-likeness (QED) is 0.514. The molecule has 134 valence electrons. The van der Waals surface area contributed by atoms with E-state index in [1.165, 1.54) is 0 Å². The number of aromatic nitrogens is 2. The smallest absolute Gasteiger partial charge is 0.225 e. The van der Waals surface area contributed by atoms with Gasteiger partial charge in [0.1, 0.15) is 5.82 Å². The highest BCUT2D eigenvalue weighted by atomic mass is 35.5. The van der Waals surface area contributed by atoms with Crippen molar-refractivity contribution in [1.29, 1.82) is 0 Å². The average Bonchev–Trinajstić information content (AvgIpc) is 2.66. The van der Waals surface area contributed by atoms with Crippen molar-refractivity contribution in [2.24, 2.45) is 0 Å². The zero-order valence-electron chi connectivity index (χ0n) is 14.6. The summed E-state index contributed by atoms with van der Waals surface area (Å²) in [4.78, 5) is 9.23. The summed E-state index contributed by atoms with van der Waals surface area (Å²) in [5, 5.41) is 7.54. The molecule has 1 heterocycles. The summed E-state index contributed by atoms with van der Waals surface area (Å²) in [5.74, 6) is 1.22. The van der Waals surface area contributed by atoms with Crippen molar-refractivity contribution in [2.75, 3.05) is 10.6 Å². The van der Waals surface area contributed by atoms with Gasteiger partial charge in [-0.2, -0.15) is 4.98 Å². The summed E-state index contributed by atoms with van der Waals surface area (Å²) >= 11 is 12.4. The standard InChI is InChI=1S/C20H20Cl2N4/c1-3-13(2)23-20-25-17(14-8-5-4-6-9-14)12-18(26-20)24-16-11-7-10-15(21)19(16)22/h4-13H,3H2,1-2H3,(H2,23,24,25,26)/t13-/m1/s1. The highest BCUT2D eigenvalue weighted by Crippen LogP contribution is 2.32.